The number of hydrogen-bond acceptors (Lipinski definition) is 5. The van der Waals surface area contributed by atoms with Crippen molar-refractivity contribution in [3.8, 4) is 0 Å². The molecule has 6 heteroatoms. The Kier molecular flexibility index (Phi) is 4.40. The maximum absolute atomic E-state index is 11.9. The van der Waals surface area contributed by atoms with Crippen LogP contribution in [0.25, 0.3) is 0 Å². The van der Waals surface area contributed by atoms with Gasteiger partial charge in [-0.1, -0.05) is 6.42 Å². The fraction of sp³-hybridized carbons (Fsp3) is 0.750. The third-order valence-corrected chi connectivity index (χ3v) is 5.45. The first-order valence-electron chi connectivity index (χ1n) is 6.44. The van der Waals surface area contributed by atoms with Crippen LogP contribution < -0.4 is 5.32 Å². The van der Waals surface area contributed by atoms with E-state index in [1.807, 2.05) is 7.05 Å². The first-order valence-corrected chi connectivity index (χ1v) is 8.15. The van der Waals surface area contributed by atoms with Crippen molar-refractivity contribution in [1.82, 2.24) is 10.3 Å². The Morgan fingerprint density at radius 1 is 1.50 bits per heavy atom. The van der Waals surface area contributed by atoms with Crippen LogP contribution in [0.2, 0.25) is 0 Å². The van der Waals surface area contributed by atoms with Crippen LogP contribution >= 0.6 is 0 Å². The molecule has 0 amide bonds. The fourth-order valence-electron chi connectivity index (χ4n) is 2.26. The SMILES string of the molecule is CNCCCc1coc(C2CCCCS2(=O)=O)n1. The number of nitrogens with one attached hydrogen (secondary N) is 1. The summed E-state index contributed by atoms with van der Waals surface area (Å²) in [5.41, 5.74) is 0.848. The molecule has 1 N–H and O–H groups in total. The zero-order chi connectivity index (χ0) is 13.0. The molecule has 18 heavy (non-hydrogen) atoms. The average Bonchev–Trinajstić information content (AvgIpc) is 2.77. The largest absolute Gasteiger partial charge is 0.447 e. The summed E-state index contributed by atoms with van der Waals surface area (Å²) in [4.78, 5) is 4.33. The van der Waals surface area contributed by atoms with Crippen molar-refractivity contribution in [2.24, 2.45) is 0 Å². The van der Waals surface area contributed by atoms with Crippen LogP contribution in [0.5, 0.6) is 0 Å². The van der Waals surface area contributed by atoms with Crippen molar-refractivity contribution in [2.45, 2.75) is 37.4 Å². The van der Waals surface area contributed by atoms with E-state index in [0.717, 1.165) is 37.9 Å². The molecule has 0 radical (unpaired) electrons. The standard InChI is InChI=1S/C12H20N2O3S/c1-13-7-4-5-10-9-17-12(14-10)11-6-2-3-8-18(11,15)16/h9,11,13H,2-8H2,1H3. The van der Waals surface area contributed by atoms with Crippen LogP contribution in [0, 0.1) is 0 Å². The normalized spacial score (nSPS) is 23.1. The molecule has 102 valence electrons. The molecule has 0 aliphatic carbocycles. The number of aryl methyl sites for hydroxylation is 1. The molecule has 1 aromatic heterocycles. The van der Waals surface area contributed by atoms with Crippen molar-refractivity contribution in [3.63, 3.8) is 0 Å². The van der Waals surface area contributed by atoms with Gasteiger partial charge < -0.3 is 9.73 Å². The van der Waals surface area contributed by atoms with E-state index in [1.165, 1.54) is 0 Å². The van der Waals surface area contributed by atoms with E-state index in [4.69, 9.17) is 4.42 Å². The number of oxazole rings is 1. The minimum Gasteiger partial charge on any atom is -0.447 e. The van der Waals surface area contributed by atoms with Gasteiger partial charge >= 0.3 is 0 Å². The van der Waals surface area contributed by atoms with Crippen molar-refractivity contribution in [2.75, 3.05) is 19.3 Å². The van der Waals surface area contributed by atoms with Gasteiger partial charge in [0, 0.05) is 0 Å². The van der Waals surface area contributed by atoms with Gasteiger partial charge in [0.2, 0.25) is 5.89 Å². The maximum Gasteiger partial charge on any atom is 0.212 e. The zero-order valence-corrected chi connectivity index (χ0v) is 11.5. The fourth-order valence-corrected chi connectivity index (χ4v) is 4.10. The van der Waals surface area contributed by atoms with Crippen LogP contribution in [-0.2, 0) is 16.3 Å². The van der Waals surface area contributed by atoms with Crippen LogP contribution in [-0.4, -0.2) is 32.7 Å². The molecule has 1 aromatic rings. The highest BCUT2D eigenvalue weighted by atomic mass is 32.2. The Labute approximate surface area is 108 Å². The lowest BCUT2D eigenvalue weighted by atomic mass is 10.2. The molecule has 1 unspecified atom stereocenters. The molecule has 1 saturated heterocycles. The summed E-state index contributed by atoms with van der Waals surface area (Å²) in [6, 6.07) is 0. The summed E-state index contributed by atoms with van der Waals surface area (Å²) in [7, 11) is -1.15. The molecule has 1 atom stereocenters. The van der Waals surface area contributed by atoms with Gasteiger partial charge in [0.1, 0.15) is 11.5 Å². The third-order valence-electron chi connectivity index (χ3n) is 3.28. The van der Waals surface area contributed by atoms with Gasteiger partial charge in [0.05, 0.1) is 11.4 Å². The molecule has 2 rings (SSSR count). The Morgan fingerprint density at radius 2 is 2.33 bits per heavy atom. The van der Waals surface area contributed by atoms with E-state index < -0.39 is 15.1 Å². The lowest BCUT2D eigenvalue weighted by Gasteiger charge is -2.18. The zero-order valence-electron chi connectivity index (χ0n) is 10.7. The lowest BCUT2D eigenvalue weighted by molar-refractivity contribution is 0.452. The number of hydrogen-bond donors (Lipinski definition) is 1. The average molecular weight is 272 g/mol. The summed E-state index contributed by atoms with van der Waals surface area (Å²) in [5.74, 6) is 0.643. The smallest absolute Gasteiger partial charge is 0.212 e. The van der Waals surface area contributed by atoms with E-state index in [9.17, 15) is 8.42 Å². The van der Waals surface area contributed by atoms with Gasteiger partial charge in [0.15, 0.2) is 9.84 Å². The number of rotatable bonds is 5. The van der Waals surface area contributed by atoms with Crippen molar-refractivity contribution >= 4 is 9.84 Å². The van der Waals surface area contributed by atoms with Crippen LogP contribution in [0.15, 0.2) is 10.7 Å². The molecule has 0 aromatic carbocycles. The van der Waals surface area contributed by atoms with E-state index in [-0.39, 0.29) is 5.75 Å². The molecular weight excluding hydrogens is 252 g/mol. The van der Waals surface area contributed by atoms with Gasteiger partial charge in [-0.05, 0) is 39.3 Å². The first kappa shape index (κ1) is 13.5. The molecule has 0 spiro atoms. The number of sulfone groups is 1. The Balaban J connectivity index is 2.04. The second-order valence-corrected chi connectivity index (χ2v) is 7.04. The maximum atomic E-state index is 11.9. The number of nitrogens with zero attached hydrogens (tertiary/aromatic N) is 1. The van der Waals surface area contributed by atoms with Gasteiger partial charge in [0.25, 0.3) is 0 Å². The molecule has 1 aliphatic heterocycles. The molecule has 1 aliphatic rings. The topological polar surface area (TPSA) is 72.2 Å². The van der Waals surface area contributed by atoms with Gasteiger partial charge in [-0.2, -0.15) is 0 Å². The van der Waals surface area contributed by atoms with Gasteiger partial charge in [-0.25, -0.2) is 13.4 Å². The van der Waals surface area contributed by atoms with Crippen molar-refractivity contribution < 1.29 is 12.8 Å². The molecular formula is C12H20N2O3S. The van der Waals surface area contributed by atoms with E-state index in [1.54, 1.807) is 6.26 Å². The minimum atomic E-state index is -3.06. The van der Waals surface area contributed by atoms with Crippen molar-refractivity contribution in [1.29, 1.82) is 0 Å². The lowest BCUT2D eigenvalue weighted by Crippen LogP contribution is -2.21. The highest BCUT2D eigenvalue weighted by molar-refractivity contribution is 7.91. The van der Waals surface area contributed by atoms with E-state index in [2.05, 4.69) is 10.3 Å². The van der Waals surface area contributed by atoms with Crippen molar-refractivity contribution in [3.05, 3.63) is 17.8 Å². The summed E-state index contributed by atoms with van der Waals surface area (Å²) in [5, 5.41) is 2.54. The van der Waals surface area contributed by atoms with Crippen LogP contribution in [0.4, 0.5) is 0 Å². The highest BCUT2D eigenvalue weighted by Gasteiger charge is 2.33. The van der Waals surface area contributed by atoms with Gasteiger partial charge in [-0.15, -0.1) is 0 Å². The predicted octanol–water partition coefficient (Wildman–Crippen LogP) is 1.47. The van der Waals surface area contributed by atoms with E-state index >= 15 is 0 Å². The second kappa shape index (κ2) is 5.84. The molecule has 0 saturated carbocycles. The molecule has 5 nitrogen and oxygen atoms in total. The highest BCUT2D eigenvalue weighted by Crippen LogP contribution is 2.32. The molecule has 2 heterocycles. The Hall–Kier alpha value is -0.880. The Bertz CT molecular complexity index is 481. The monoisotopic (exact) mass is 272 g/mol. The third kappa shape index (κ3) is 3.11. The summed E-state index contributed by atoms with van der Waals surface area (Å²) in [6.07, 6.45) is 5.71. The quantitative estimate of drug-likeness (QED) is 0.822. The summed E-state index contributed by atoms with van der Waals surface area (Å²) >= 11 is 0. The minimum absolute atomic E-state index is 0.259. The van der Waals surface area contributed by atoms with Crippen LogP contribution in [0.3, 0.4) is 0 Å². The second-order valence-electron chi connectivity index (χ2n) is 4.74. The van der Waals surface area contributed by atoms with E-state index in [0.29, 0.717) is 12.3 Å². The van der Waals surface area contributed by atoms with Gasteiger partial charge in [-0.3, -0.25) is 0 Å². The summed E-state index contributed by atoms with van der Waals surface area (Å²) in [6.45, 7) is 0.921. The number of aromatic nitrogens is 1. The Morgan fingerprint density at radius 3 is 3.06 bits per heavy atom. The van der Waals surface area contributed by atoms with Crippen LogP contribution in [0.1, 0.15) is 42.5 Å². The first-order chi connectivity index (χ1) is 8.63. The summed E-state index contributed by atoms with van der Waals surface area (Å²) < 4.78 is 29.2. The predicted molar refractivity (Wildman–Crippen MR) is 69.1 cm³/mol. The molecule has 0 bridgehead atoms. The molecule has 1 fully saturated rings.